The lowest BCUT2D eigenvalue weighted by Crippen LogP contribution is -2.13. The Kier molecular flexibility index (Phi) is 5.88. The van der Waals surface area contributed by atoms with Crippen molar-refractivity contribution in [2.75, 3.05) is 25.1 Å². The summed E-state index contributed by atoms with van der Waals surface area (Å²) in [6, 6.07) is 0. The van der Waals surface area contributed by atoms with Gasteiger partial charge in [-0.25, -0.2) is 4.98 Å². The van der Waals surface area contributed by atoms with E-state index in [9.17, 15) is 10.1 Å². The van der Waals surface area contributed by atoms with Gasteiger partial charge >= 0.3 is 5.69 Å². The van der Waals surface area contributed by atoms with Crippen molar-refractivity contribution in [1.82, 2.24) is 9.97 Å². The van der Waals surface area contributed by atoms with E-state index in [1.54, 1.807) is 6.92 Å². The summed E-state index contributed by atoms with van der Waals surface area (Å²) in [5.41, 5.74) is -0.209. The summed E-state index contributed by atoms with van der Waals surface area (Å²) < 4.78 is 10.9. The number of rotatable bonds is 8. The van der Waals surface area contributed by atoms with Crippen LogP contribution in [0, 0.1) is 10.1 Å². The summed E-state index contributed by atoms with van der Waals surface area (Å²) in [6.45, 7) is 5.40. The first-order valence-corrected chi connectivity index (χ1v) is 7.72. The van der Waals surface area contributed by atoms with Crippen molar-refractivity contribution in [3.8, 4) is 5.88 Å². The average molecular weight is 310 g/mol. The predicted octanol–water partition coefficient (Wildman–Crippen LogP) is 2.85. The number of ether oxygens (including phenoxy) is 2. The van der Waals surface area contributed by atoms with Crippen molar-refractivity contribution in [3.05, 3.63) is 15.9 Å². The Labute approximate surface area is 129 Å². The van der Waals surface area contributed by atoms with Gasteiger partial charge in [-0.05, 0) is 26.2 Å². The molecule has 1 aromatic rings. The molecule has 0 saturated carbocycles. The third-order valence-electron chi connectivity index (χ3n) is 3.37. The number of hydrogen-bond donors (Lipinski definition) is 1. The van der Waals surface area contributed by atoms with Gasteiger partial charge in [0.25, 0.3) is 5.88 Å². The molecule has 8 heteroatoms. The third-order valence-corrected chi connectivity index (χ3v) is 3.37. The lowest BCUT2D eigenvalue weighted by Gasteiger charge is -2.13. The van der Waals surface area contributed by atoms with Crippen molar-refractivity contribution < 1.29 is 14.4 Å². The van der Waals surface area contributed by atoms with Gasteiger partial charge in [0.1, 0.15) is 6.10 Å². The lowest BCUT2D eigenvalue weighted by molar-refractivity contribution is -0.385. The first-order valence-electron chi connectivity index (χ1n) is 7.72. The van der Waals surface area contributed by atoms with Crippen LogP contribution in [0.2, 0.25) is 0 Å². The van der Waals surface area contributed by atoms with E-state index < -0.39 is 4.92 Å². The molecule has 0 radical (unpaired) electrons. The maximum absolute atomic E-state index is 11.4. The highest BCUT2D eigenvalue weighted by Gasteiger charge is 2.30. The first-order chi connectivity index (χ1) is 10.7. The minimum Gasteiger partial charge on any atom is -0.473 e. The molecule has 1 aromatic heterocycles. The molecular weight excluding hydrogens is 288 g/mol. The van der Waals surface area contributed by atoms with Crippen LogP contribution in [0.3, 0.4) is 0 Å². The fourth-order valence-corrected chi connectivity index (χ4v) is 2.28. The fourth-order valence-electron chi connectivity index (χ4n) is 2.28. The van der Waals surface area contributed by atoms with Gasteiger partial charge in [0, 0.05) is 13.2 Å². The topological polar surface area (TPSA) is 99.4 Å². The van der Waals surface area contributed by atoms with E-state index in [-0.39, 0.29) is 23.5 Å². The number of aromatic nitrogens is 2. The van der Waals surface area contributed by atoms with Gasteiger partial charge in [-0.3, -0.25) is 10.1 Å². The first kappa shape index (κ1) is 16.4. The second-order valence-electron chi connectivity index (χ2n) is 5.06. The van der Waals surface area contributed by atoms with Crippen LogP contribution in [0.25, 0.3) is 0 Å². The molecule has 8 nitrogen and oxygen atoms in total. The van der Waals surface area contributed by atoms with E-state index in [0.717, 1.165) is 25.7 Å². The highest BCUT2D eigenvalue weighted by atomic mass is 16.6. The Balaban J connectivity index is 2.37. The van der Waals surface area contributed by atoms with Crippen LogP contribution < -0.4 is 10.1 Å². The normalized spacial score (nSPS) is 17.5. The Morgan fingerprint density at radius 3 is 2.86 bits per heavy atom. The third kappa shape index (κ3) is 3.82. The Bertz CT molecular complexity index is 518. The van der Waals surface area contributed by atoms with Gasteiger partial charge in [0.2, 0.25) is 5.82 Å². The molecule has 0 aliphatic carbocycles. The quantitative estimate of drug-likeness (QED) is 0.447. The van der Waals surface area contributed by atoms with Crippen LogP contribution in [0.15, 0.2) is 0 Å². The minimum absolute atomic E-state index is 0.00648. The molecular formula is C14H22N4O4. The van der Waals surface area contributed by atoms with Crippen molar-refractivity contribution in [2.45, 2.75) is 45.6 Å². The second-order valence-corrected chi connectivity index (χ2v) is 5.06. The van der Waals surface area contributed by atoms with Crippen LogP contribution in [0.1, 0.15) is 51.5 Å². The van der Waals surface area contributed by atoms with Gasteiger partial charge in [-0.15, -0.1) is 0 Å². The molecule has 0 amide bonds. The van der Waals surface area contributed by atoms with Crippen LogP contribution in [-0.2, 0) is 4.74 Å². The van der Waals surface area contributed by atoms with Crippen LogP contribution in [0.4, 0.5) is 11.5 Å². The molecule has 1 saturated heterocycles. The standard InChI is InChI=1S/C14H22N4O4/c1-3-5-8-15-13-11(18(19)20)14(21-4-2)17-12(16-13)10-7-6-9-22-10/h10H,3-9H2,1-2H3,(H,15,16,17). The summed E-state index contributed by atoms with van der Waals surface area (Å²) in [5, 5.41) is 14.4. The zero-order valence-corrected chi connectivity index (χ0v) is 13.0. The molecule has 1 aliphatic heterocycles. The number of nitrogens with one attached hydrogen (secondary N) is 1. The summed E-state index contributed by atoms with van der Waals surface area (Å²) in [7, 11) is 0. The highest BCUT2D eigenvalue weighted by Crippen LogP contribution is 2.35. The summed E-state index contributed by atoms with van der Waals surface area (Å²) >= 11 is 0. The maximum Gasteiger partial charge on any atom is 0.372 e. The predicted molar refractivity (Wildman–Crippen MR) is 81.2 cm³/mol. The number of hydrogen-bond acceptors (Lipinski definition) is 7. The number of unbranched alkanes of at least 4 members (excludes halogenated alkanes) is 1. The zero-order chi connectivity index (χ0) is 15.9. The average Bonchev–Trinajstić information content (AvgIpc) is 3.01. The SMILES string of the molecule is CCCCNc1nc(C2CCCO2)nc(OCC)c1[N+](=O)[O-]. The molecule has 22 heavy (non-hydrogen) atoms. The molecule has 1 aliphatic rings. The Morgan fingerprint density at radius 2 is 2.27 bits per heavy atom. The van der Waals surface area contributed by atoms with E-state index in [0.29, 0.717) is 25.6 Å². The smallest absolute Gasteiger partial charge is 0.372 e. The maximum atomic E-state index is 11.4. The van der Waals surface area contributed by atoms with Crippen LogP contribution in [0.5, 0.6) is 5.88 Å². The molecule has 122 valence electrons. The van der Waals surface area contributed by atoms with E-state index in [1.807, 2.05) is 0 Å². The second kappa shape index (κ2) is 7.88. The van der Waals surface area contributed by atoms with Gasteiger partial charge < -0.3 is 14.8 Å². The molecule has 2 rings (SSSR count). The molecule has 0 bridgehead atoms. The largest absolute Gasteiger partial charge is 0.473 e. The van der Waals surface area contributed by atoms with Crippen molar-refractivity contribution in [3.63, 3.8) is 0 Å². The van der Waals surface area contributed by atoms with Crippen molar-refractivity contribution in [2.24, 2.45) is 0 Å². The highest BCUT2D eigenvalue weighted by molar-refractivity contribution is 5.61. The van der Waals surface area contributed by atoms with Crippen molar-refractivity contribution in [1.29, 1.82) is 0 Å². The molecule has 2 heterocycles. The van der Waals surface area contributed by atoms with E-state index >= 15 is 0 Å². The van der Waals surface area contributed by atoms with Crippen molar-refractivity contribution >= 4 is 11.5 Å². The molecule has 1 unspecified atom stereocenters. The lowest BCUT2D eigenvalue weighted by atomic mass is 10.2. The Hall–Kier alpha value is -1.96. The summed E-state index contributed by atoms with van der Waals surface area (Å²) in [5.74, 6) is 0.667. The monoisotopic (exact) mass is 310 g/mol. The minimum atomic E-state index is -0.501. The zero-order valence-electron chi connectivity index (χ0n) is 13.0. The van der Waals surface area contributed by atoms with Gasteiger partial charge in [0.05, 0.1) is 11.5 Å². The van der Waals surface area contributed by atoms with E-state index in [4.69, 9.17) is 9.47 Å². The van der Waals surface area contributed by atoms with Crippen LogP contribution in [-0.4, -0.2) is 34.6 Å². The van der Waals surface area contributed by atoms with E-state index in [1.165, 1.54) is 0 Å². The van der Waals surface area contributed by atoms with Gasteiger partial charge in [-0.2, -0.15) is 4.98 Å². The molecule has 0 aromatic carbocycles. The number of nitrogens with zero attached hydrogens (tertiary/aromatic N) is 3. The fraction of sp³-hybridized carbons (Fsp3) is 0.714. The molecule has 1 N–H and O–H groups in total. The summed E-state index contributed by atoms with van der Waals surface area (Å²) in [6.07, 6.45) is 3.43. The van der Waals surface area contributed by atoms with Crippen LogP contribution >= 0.6 is 0 Å². The number of nitro groups is 1. The number of anilines is 1. The molecule has 1 atom stereocenters. The molecule has 0 spiro atoms. The van der Waals surface area contributed by atoms with E-state index in [2.05, 4.69) is 22.2 Å². The Morgan fingerprint density at radius 1 is 1.45 bits per heavy atom. The summed E-state index contributed by atoms with van der Waals surface area (Å²) in [4.78, 5) is 19.4. The molecule has 1 fully saturated rings. The van der Waals surface area contributed by atoms with Gasteiger partial charge in [-0.1, -0.05) is 13.3 Å². The van der Waals surface area contributed by atoms with Gasteiger partial charge in [0.15, 0.2) is 5.82 Å².